The predicted octanol–water partition coefficient (Wildman–Crippen LogP) is 0.0892. The molecule has 0 aliphatic carbocycles. The van der Waals surface area contributed by atoms with Crippen molar-refractivity contribution in [3.63, 3.8) is 0 Å². The Morgan fingerprint density at radius 2 is 2.20 bits per heavy atom. The molecule has 0 aromatic carbocycles. The fourth-order valence-corrected chi connectivity index (χ4v) is 2.00. The third-order valence-corrected chi connectivity index (χ3v) is 3.28. The Labute approximate surface area is 91.0 Å². The van der Waals surface area contributed by atoms with Gasteiger partial charge < -0.3 is 15.0 Å². The van der Waals surface area contributed by atoms with Crippen LogP contribution in [0.3, 0.4) is 0 Å². The fourth-order valence-electron chi connectivity index (χ4n) is 2.00. The molecule has 1 atom stereocenters. The molecule has 1 amide bonds. The maximum atomic E-state index is 12.0. The zero-order valence-electron chi connectivity index (χ0n) is 9.53. The second-order valence-corrected chi connectivity index (χ2v) is 4.79. The Bertz CT molecular complexity index is 239. The van der Waals surface area contributed by atoms with Crippen LogP contribution in [0.4, 0.5) is 0 Å². The molecule has 0 spiro atoms. The lowest BCUT2D eigenvalue weighted by atomic mass is 10.00. The normalized spacial score (nSPS) is 27.9. The summed E-state index contributed by atoms with van der Waals surface area (Å²) < 4.78 is 5.64. The summed E-state index contributed by atoms with van der Waals surface area (Å²) in [5.41, 5.74) is 0. The fraction of sp³-hybridized carbons (Fsp3) is 0.909. The predicted molar refractivity (Wildman–Crippen MR) is 57.5 cm³/mol. The average Bonchev–Trinajstić information content (AvgIpc) is 2.15. The Morgan fingerprint density at radius 1 is 1.47 bits per heavy atom. The van der Waals surface area contributed by atoms with E-state index < -0.39 is 0 Å². The second kappa shape index (κ2) is 4.49. The molecular weight excluding hydrogens is 192 g/mol. The molecule has 0 radical (unpaired) electrons. The first kappa shape index (κ1) is 10.9. The summed E-state index contributed by atoms with van der Waals surface area (Å²) in [5.74, 6) is 1.01. The molecule has 0 saturated carbocycles. The van der Waals surface area contributed by atoms with E-state index in [0.717, 1.165) is 26.2 Å². The minimum atomic E-state index is 0.218. The molecule has 4 nitrogen and oxygen atoms in total. The maximum Gasteiger partial charge on any atom is 0.228 e. The van der Waals surface area contributed by atoms with Gasteiger partial charge in [-0.2, -0.15) is 0 Å². The summed E-state index contributed by atoms with van der Waals surface area (Å²) in [5, 5.41) is 3.14. The highest BCUT2D eigenvalue weighted by Crippen LogP contribution is 2.16. The van der Waals surface area contributed by atoms with Crippen molar-refractivity contribution in [2.24, 2.45) is 11.8 Å². The summed E-state index contributed by atoms with van der Waals surface area (Å²) in [6.07, 6.45) is 0.218. The van der Waals surface area contributed by atoms with Crippen LogP contribution in [0.1, 0.15) is 13.8 Å². The lowest BCUT2D eigenvalue weighted by Gasteiger charge is -2.38. The third kappa shape index (κ3) is 2.32. The van der Waals surface area contributed by atoms with Crippen molar-refractivity contribution < 1.29 is 9.53 Å². The van der Waals surface area contributed by atoms with Gasteiger partial charge in [-0.15, -0.1) is 0 Å². The quantitative estimate of drug-likeness (QED) is 0.705. The highest BCUT2D eigenvalue weighted by molar-refractivity contribution is 5.80. The third-order valence-electron chi connectivity index (χ3n) is 3.28. The van der Waals surface area contributed by atoms with Gasteiger partial charge in [0.05, 0.1) is 18.6 Å². The molecule has 2 heterocycles. The highest BCUT2D eigenvalue weighted by atomic mass is 16.5. The summed E-state index contributed by atoms with van der Waals surface area (Å²) in [6, 6.07) is 0. The number of amides is 1. The van der Waals surface area contributed by atoms with Crippen LogP contribution in [0.2, 0.25) is 0 Å². The van der Waals surface area contributed by atoms with Crippen LogP contribution >= 0.6 is 0 Å². The number of hydrogen-bond acceptors (Lipinski definition) is 3. The van der Waals surface area contributed by atoms with Crippen molar-refractivity contribution in [2.45, 2.75) is 20.0 Å². The Hall–Kier alpha value is -0.610. The molecule has 1 N–H and O–H groups in total. The zero-order valence-corrected chi connectivity index (χ0v) is 9.53. The summed E-state index contributed by atoms with van der Waals surface area (Å²) in [7, 11) is 0. The van der Waals surface area contributed by atoms with Crippen LogP contribution in [0.25, 0.3) is 0 Å². The van der Waals surface area contributed by atoms with Crippen LogP contribution < -0.4 is 5.32 Å². The monoisotopic (exact) mass is 212 g/mol. The van der Waals surface area contributed by atoms with Gasteiger partial charge >= 0.3 is 0 Å². The van der Waals surface area contributed by atoms with E-state index in [1.54, 1.807) is 0 Å². The highest BCUT2D eigenvalue weighted by Gasteiger charge is 2.33. The van der Waals surface area contributed by atoms with Gasteiger partial charge in [0.1, 0.15) is 0 Å². The second-order valence-electron chi connectivity index (χ2n) is 4.79. The summed E-state index contributed by atoms with van der Waals surface area (Å²) in [6.45, 7) is 8.21. The SMILES string of the molecule is CC(C)C1CN(C(=O)C2CNC2)CCO1. The Balaban J connectivity index is 1.88. The van der Waals surface area contributed by atoms with Crippen molar-refractivity contribution in [1.29, 1.82) is 0 Å². The van der Waals surface area contributed by atoms with Gasteiger partial charge in [-0.05, 0) is 5.92 Å². The van der Waals surface area contributed by atoms with E-state index in [1.807, 2.05) is 4.90 Å². The molecule has 2 fully saturated rings. The molecule has 2 saturated heterocycles. The van der Waals surface area contributed by atoms with Crippen LogP contribution in [0, 0.1) is 11.8 Å². The van der Waals surface area contributed by atoms with Crippen molar-refractivity contribution in [2.75, 3.05) is 32.8 Å². The van der Waals surface area contributed by atoms with Crippen molar-refractivity contribution >= 4 is 5.91 Å². The molecule has 0 aromatic rings. The molecule has 86 valence electrons. The zero-order chi connectivity index (χ0) is 10.8. The number of nitrogens with one attached hydrogen (secondary N) is 1. The minimum Gasteiger partial charge on any atom is -0.374 e. The topological polar surface area (TPSA) is 41.6 Å². The molecule has 0 aromatic heterocycles. The van der Waals surface area contributed by atoms with Gasteiger partial charge in [-0.25, -0.2) is 0 Å². The van der Waals surface area contributed by atoms with Gasteiger partial charge in [0.25, 0.3) is 0 Å². The van der Waals surface area contributed by atoms with Crippen molar-refractivity contribution in [3.05, 3.63) is 0 Å². The molecule has 2 rings (SSSR count). The number of morpholine rings is 1. The van der Waals surface area contributed by atoms with Gasteiger partial charge in [0.2, 0.25) is 5.91 Å². The first-order valence-electron chi connectivity index (χ1n) is 5.79. The van der Waals surface area contributed by atoms with E-state index in [2.05, 4.69) is 19.2 Å². The standard InChI is InChI=1S/C11H20N2O2/c1-8(2)10-7-13(3-4-15-10)11(14)9-5-12-6-9/h8-10,12H,3-7H2,1-2H3. The van der Waals surface area contributed by atoms with Gasteiger partial charge in [0.15, 0.2) is 0 Å². The van der Waals surface area contributed by atoms with Crippen molar-refractivity contribution in [3.8, 4) is 0 Å². The molecule has 15 heavy (non-hydrogen) atoms. The number of carbonyl (C=O) groups excluding carboxylic acids is 1. The van der Waals surface area contributed by atoms with Crippen LogP contribution in [-0.2, 0) is 9.53 Å². The molecule has 0 bridgehead atoms. The number of ether oxygens (including phenoxy) is 1. The lowest BCUT2D eigenvalue weighted by molar-refractivity contribution is -0.146. The van der Waals surface area contributed by atoms with E-state index in [-0.39, 0.29) is 12.0 Å². The molecule has 2 aliphatic heterocycles. The Morgan fingerprint density at radius 3 is 2.73 bits per heavy atom. The Kier molecular flexibility index (Phi) is 3.26. The van der Waals surface area contributed by atoms with Crippen LogP contribution in [0.15, 0.2) is 0 Å². The smallest absolute Gasteiger partial charge is 0.228 e. The molecule has 1 unspecified atom stereocenters. The van der Waals surface area contributed by atoms with Crippen LogP contribution in [0.5, 0.6) is 0 Å². The number of nitrogens with zero attached hydrogens (tertiary/aromatic N) is 1. The first-order chi connectivity index (χ1) is 7.18. The lowest BCUT2D eigenvalue weighted by Crippen LogP contribution is -2.56. The van der Waals surface area contributed by atoms with Crippen LogP contribution in [-0.4, -0.2) is 49.7 Å². The maximum absolute atomic E-state index is 12.0. The van der Waals surface area contributed by atoms with Gasteiger partial charge in [-0.1, -0.05) is 13.8 Å². The van der Waals surface area contributed by atoms with Crippen molar-refractivity contribution in [1.82, 2.24) is 10.2 Å². The van der Waals surface area contributed by atoms with E-state index in [1.165, 1.54) is 0 Å². The van der Waals surface area contributed by atoms with E-state index >= 15 is 0 Å². The van der Waals surface area contributed by atoms with Gasteiger partial charge in [-0.3, -0.25) is 4.79 Å². The largest absolute Gasteiger partial charge is 0.374 e. The summed E-state index contributed by atoms with van der Waals surface area (Å²) in [4.78, 5) is 14.0. The number of hydrogen-bond donors (Lipinski definition) is 1. The average molecular weight is 212 g/mol. The molecule has 2 aliphatic rings. The van der Waals surface area contributed by atoms with E-state index in [0.29, 0.717) is 18.4 Å². The summed E-state index contributed by atoms with van der Waals surface area (Å²) >= 11 is 0. The van der Waals surface area contributed by atoms with Gasteiger partial charge in [0, 0.05) is 26.2 Å². The molecule has 4 heteroatoms. The van der Waals surface area contributed by atoms with E-state index in [4.69, 9.17) is 4.74 Å². The molecular formula is C11H20N2O2. The number of carbonyl (C=O) groups is 1. The minimum absolute atomic E-state index is 0.218. The first-order valence-corrected chi connectivity index (χ1v) is 5.79. The van der Waals surface area contributed by atoms with E-state index in [9.17, 15) is 4.79 Å². The number of rotatable bonds is 2.